The van der Waals surface area contributed by atoms with Gasteiger partial charge in [-0.25, -0.2) is 0 Å². The first kappa shape index (κ1) is 61.4. The van der Waals surface area contributed by atoms with Gasteiger partial charge in [0.1, 0.15) is 13.2 Å². The van der Waals surface area contributed by atoms with Crippen LogP contribution in [0.15, 0.2) is 0 Å². The molecule has 0 heterocycles. The number of carbonyl (C=O) groups excluding carboxylic acids is 3. The molecular formula is C57H110O6. The molecular weight excluding hydrogens is 781 g/mol. The second kappa shape index (κ2) is 51.4. The highest BCUT2D eigenvalue weighted by Gasteiger charge is 2.19. The zero-order valence-corrected chi connectivity index (χ0v) is 43.0. The Morgan fingerprint density at radius 3 is 0.778 bits per heavy atom. The van der Waals surface area contributed by atoms with Crippen molar-refractivity contribution >= 4 is 17.9 Å². The predicted octanol–water partition coefficient (Wildman–Crippen LogP) is 18.6. The summed E-state index contributed by atoms with van der Waals surface area (Å²) in [6, 6.07) is 0. The molecule has 0 saturated heterocycles. The first-order chi connectivity index (χ1) is 30.9. The van der Waals surface area contributed by atoms with E-state index in [0.29, 0.717) is 19.3 Å². The van der Waals surface area contributed by atoms with Gasteiger partial charge in [0, 0.05) is 19.3 Å². The van der Waals surface area contributed by atoms with E-state index < -0.39 is 6.10 Å². The van der Waals surface area contributed by atoms with E-state index in [-0.39, 0.29) is 31.1 Å². The molecule has 0 spiro atoms. The Bertz CT molecular complexity index is 949. The minimum absolute atomic E-state index is 0.0620. The number of esters is 3. The molecule has 0 aliphatic rings. The lowest BCUT2D eigenvalue weighted by Crippen LogP contribution is -2.30. The van der Waals surface area contributed by atoms with Crippen LogP contribution >= 0.6 is 0 Å². The number of hydrogen-bond donors (Lipinski definition) is 0. The molecule has 0 radical (unpaired) electrons. The third kappa shape index (κ3) is 51.3. The van der Waals surface area contributed by atoms with E-state index in [2.05, 4.69) is 27.7 Å². The normalized spacial score (nSPS) is 12.0. The van der Waals surface area contributed by atoms with Gasteiger partial charge in [-0.2, -0.15) is 0 Å². The molecule has 0 rings (SSSR count). The highest BCUT2D eigenvalue weighted by Crippen LogP contribution is 2.18. The van der Waals surface area contributed by atoms with Gasteiger partial charge >= 0.3 is 17.9 Å². The molecule has 0 aliphatic carbocycles. The lowest BCUT2D eigenvalue weighted by molar-refractivity contribution is -0.167. The van der Waals surface area contributed by atoms with Crippen LogP contribution in [0.3, 0.4) is 0 Å². The standard InChI is InChI=1S/C57H110O6/c1-5-7-9-11-13-15-17-18-19-20-21-22-25-29-32-36-40-44-48-55(58)61-51-54(63-57(60)50-46-42-38-34-27-16-14-12-10-8-6-2)52-62-56(59)49-45-41-37-33-30-26-23-24-28-31-35-39-43-47-53(3)4/h53-54H,5-52H2,1-4H3/t54-/m1/s1. The topological polar surface area (TPSA) is 78.9 Å². The maximum Gasteiger partial charge on any atom is 0.306 e. The van der Waals surface area contributed by atoms with Gasteiger partial charge in [0.05, 0.1) is 0 Å². The molecule has 0 N–H and O–H groups in total. The van der Waals surface area contributed by atoms with Gasteiger partial charge in [-0.3, -0.25) is 14.4 Å². The average molecular weight is 892 g/mol. The summed E-state index contributed by atoms with van der Waals surface area (Å²) in [5.74, 6) is 0.00160. The van der Waals surface area contributed by atoms with Gasteiger partial charge in [0.2, 0.25) is 0 Å². The molecule has 0 aliphatic heterocycles. The van der Waals surface area contributed by atoms with Crippen LogP contribution in [0.1, 0.15) is 323 Å². The largest absolute Gasteiger partial charge is 0.462 e. The summed E-state index contributed by atoms with van der Waals surface area (Å²) in [5.41, 5.74) is 0. The average Bonchev–Trinajstić information content (AvgIpc) is 3.27. The van der Waals surface area contributed by atoms with Crippen LogP contribution < -0.4 is 0 Å². The first-order valence-corrected chi connectivity index (χ1v) is 28.4. The second-order valence-electron chi connectivity index (χ2n) is 20.1. The first-order valence-electron chi connectivity index (χ1n) is 28.4. The van der Waals surface area contributed by atoms with Crippen molar-refractivity contribution in [1.82, 2.24) is 0 Å². The molecule has 0 aromatic carbocycles. The number of rotatable bonds is 52. The summed E-state index contributed by atoms with van der Waals surface area (Å²) in [4.78, 5) is 38.0. The Morgan fingerprint density at radius 2 is 0.524 bits per heavy atom. The molecule has 0 aromatic rings. The fourth-order valence-corrected chi connectivity index (χ4v) is 8.75. The van der Waals surface area contributed by atoms with Gasteiger partial charge in [0.15, 0.2) is 6.10 Å². The zero-order valence-electron chi connectivity index (χ0n) is 43.0. The third-order valence-electron chi connectivity index (χ3n) is 13.0. The monoisotopic (exact) mass is 891 g/mol. The molecule has 0 amide bonds. The molecule has 63 heavy (non-hydrogen) atoms. The maximum atomic E-state index is 12.8. The molecule has 374 valence electrons. The molecule has 0 unspecified atom stereocenters. The molecule has 0 bridgehead atoms. The van der Waals surface area contributed by atoms with E-state index >= 15 is 0 Å². The van der Waals surface area contributed by atoms with Crippen molar-refractivity contribution in [2.45, 2.75) is 329 Å². The van der Waals surface area contributed by atoms with Crippen LogP contribution in [0.2, 0.25) is 0 Å². The van der Waals surface area contributed by atoms with E-state index in [9.17, 15) is 14.4 Å². The summed E-state index contributed by atoms with van der Waals surface area (Å²) in [7, 11) is 0. The van der Waals surface area contributed by atoms with E-state index in [1.54, 1.807) is 0 Å². The van der Waals surface area contributed by atoms with Gasteiger partial charge in [0.25, 0.3) is 0 Å². The fourth-order valence-electron chi connectivity index (χ4n) is 8.75. The van der Waals surface area contributed by atoms with E-state index in [1.165, 1.54) is 218 Å². The minimum atomic E-state index is -0.761. The smallest absolute Gasteiger partial charge is 0.306 e. The summed E-state index contributed by atoms with van der Waals surface area (Å²) >= 11 is 0. The summed E-state index contributed by atoms with van der Waals surface area (Å²) in [6.45, 7) is 9.05. The van der Waals surface area contributed by atoms with Gasteiger partial charge in [-0.1, -0.05) is 285 Å². The molecule has 0 saturated carbocycles. The number of unbranched alkanes of at least 4 members (excludes halogenated alkanes) is 39. The number of carbonyl (C=O) groups is 3. The summed E-state index contributed by atoms with van der Waals surface area (Å²) in [6.07, 6.45) is 55.2. The van der Waals surface area contributed by atoms with Crippen LogP contribution in [-0.2, 0) is 28.6 Å². The number of hydrogen-bond acceptors (Lipinski definition) is 6. The Morgan fingerprint density at radius 1 is 0.302 bits per heavy atom. The van der Waals surface area contributed by atoms with Gasteiger partial charge in [-0.05, 0) is 25.2 Å². The van der Waals surface area contributed by atoms with Crippen molar-refractivity contribution in [1.29, 1.82) is 0 Å². The lowest BCUT2D eigenvalue weighted by Gasteiger charge is -2.18. The quantitative estimate of drug-likeness (QED) is 0.0344. The Balaban J connectivity index is 4.24. The zero-order chi connectivity index (χ0) is 45.9. The molecule has 0 aromatic heterocycles. The van der Waals surface area contributed by atoms with Crippen molar-refractivity contribution in [2.75, 3.05) is 13.2 Å². The van der Waals surface area contributed by atoms with Gasteiger partial charge in [-0.15, -0.1) is 0 Å². The molecule has 6 nitrogen and oxygen atoms in total. The highest BCUT2D eigenvalue weighted by atomic mass is 16.6. The van der Waals surface area contributed by atoms with Crippen molar-refractivity contribution < 1.29 is 28.6 Å². The Kier molecular flexibility index (Phi) is 50.1. The SMILES string of the molecule is CCCCCCCCCCCCCCCCCCCCC(=O)OC[C@H](COC(=O)CCCCCCCCCCCCCCCC(C)C)OC(=O)CCCCCCCCCCCCC. The van der Waals surface area contributed by atoms with Crippen molar-refractivity contribution in [2.24, 2.45) is 5.92 Å². The predicted molar refractivity (Wildman–Crippen MR) is 270 cm³/mol. The van der Waals surface area contributed by atoms with E-state index in [4.69, 9.17) is 14.2 Å². The summed E-state index contributed by atoms with van der Waals surface area (Å²) in [5, 5.41) is 0. The minimum Gasteiger partial charge on any atom is -0.462 e. The third-order valence-corrected chi connectivity index (χ3v) is 13.0. The number of ether oxygens (including phenoxy) is 3. The molecule has 0 fully saturated rings. The fraction of sp³-hybridized carbons (Fsp3) is 0.947. The van der Waals surface area contributed by atoms with Crippen LogP contribution in [0.25, 0.3) is 0 Å². The molecule has 6 heteroatoms. The van der Waals surface area contributed by atoms with Crippen molar-refractivity contribution in [3.05, 3.63) is 0 Å². The highest BCUT2D eigenvalue weighted by molar-refractivity contribution is 5.71. The van der Waals surface area contributed by atoms with E-state index in [0.717, 1.165) is 63.7 Å². The van der Waals surface area contributed by atoms with Crippen molar-refractivity contribution in [3.8, 4) is 0 Å². The lowest BCUT2D eigenvalue weighted by atomic mass is 10.0. The molecule has 1 atom stereocenters. The maximum absolute atomic E-state index is 12.8. The van der Waals surface area contributed by atoms with E-state index in [1.807, 2.05) is 0 Å². The van der Waals surface area contributed by atoms with Crippen LogP contribution in [0, 0.1) is 5.92 Å². The van der Waals surface area contributed by atoms with Crippen molar-refractivity contribution in [3.63, 3.8) is 0 Å². The Labute approximate surface area is 393 Å². The van der Waals surface area contributed by atoms with Crippen LogP contribution in [-0.4, -0.2) is 37.2 Å². The second-order valence-corrected chi connectivity index (χ2v) is 20.1. The summed E-state index contributed by atoms with van der Waals surface area (Å²) < 4.78 is 16.9. The Hall–Kier alpha value is -1.59. The van der Waals surface area contributed by atoms with Crippen LogP contribution in [0.4, 0.5) is 0 Å². The van der Waals surface area contributed by atoms with Gasteiger partial charge < -0.3 is 14.2 Å². The van der Waals surface area contributed by atoms with Crippen LogP contribution in [0.5, 0.6) is 0 Å².